The lowest BCUT2D eigenvalue weighted by atomic mass is 9.90. The second-order valence-corrected chi connectivity index (χ2v) is 6.48. The van der Waals surface area contributed by atoms with Crippen molar-refractivity contribution in [3.05, 3.63) is 0 Å². The quantitative estimate of drug-likeness (QED) is 0.319. The van der Waals surface area contributed by atoms with E-state index in [1.54, 1.807) is 0 Å². The number of hydrogen-bond donors (Lipinski definition) is 1. The molecule has 0 amide bonds. The molecule has 0 rings (SSSR count). The number of hydrogen-bond acceptors (Lipinski definition) is 3. The number of carboxylic acids is 1. The minimum atomic E-state index is -0.807. The first-order valence-electron chi connectivity index (χ1n) is 9.43. The Morgan fingerprint density at radius 2 is 1.39 bits per heavy atom. The van der Waals surface area contributed by atoms with Crippen LogP contribution in [0.2, 0.25) is 0 Å². The zero-order valence-corrected chi connectivity index (χ0v) is 15.4. The van der Waals surface area contributed by atoms with Crippen LogP contribution in [0.5, 0.6) is 0 Å². The summed E-state index contributed by atoms with van der Waals surface area (Å²) in [5.41, 5.74) is -0.325. The third-order valence-electron chi connectivity index (χ3n) is 4.63. The van der Waals surface area contributed by atoms with Crippen molar-refractivity contribution in [2.45, 2.75) is 110 Å². The van der Waals surface area contributed by atoms with E-state index in [0.29, 0.717) is 19.3 Å². The molecular weight excluding hydrogens is 292 g/mol. The molecule has 0 fully saturated rings. The SMILES string of the molecule is CCCCCCCCC(CC)(CC)OC(=O)CCCCC(=O)O. The molecule has 0 aromatic heterocycles. The van der Waals surface area contributed by atoms with E-state index in [9.17, 15) is 9.59 Å². The number of carbonyl (C=O) groups excluding carboxylic acids is 1. The zero-order chi connectivity index (χ0) is 17.6. The molecule has 136 valence electrons. The van der Waals surface area contributed by atoms with E-state index in [0.717, 1.165) is 25.7 Å². The molecule has 0 radical (unpaired) electrons. The predicted octanol–water partition coefficient (Wildman–Crippen LogP) is 5.48. The van der Waals surface area contributed by atoms with Crippen LogP contribution >= 0.6 is 0 Å². The molecule has 0 saturated carbocycles. The second-order valence-electron chi connectivity index (χ2n) is 6.48. The molecule has 0 heterocycles. The van der Waals surface area contributed by atoms with E-state index >= 15 is 0 Å². The van der Waals surface area contributed by atoms with Gasteiger partial charge in [-0.1, -0.05) is 52.9 Å². The van der Waals surface area contributed by atoms with Gasteiger partial charge in [-0.05, 0) is 38.5 Å². The summed E-state index contributed by atoms with van der Waals surface area (Å²) in [5.74, 6) is -0.983. The number of esters is 1. The lowest BCUT2D eigenvalue weighted by Crippen LogP contribution is -2.33. The highest BCUT2D eigenvalue weighted by atomic mass is 16.6. The Hall–Kier alpha value is -1.06. The Morgan fingerprint density at radius 1 is 0.826 bits per heavy atom. The van der Waals surface area contributed by atoms with Crippen molar-refractivity contribution in [2.24, 2.45) is 0 Å². The van der Waals surface area contributed by atoms with Crippen LogP contribution in [0.25, 0.3) is 0 Å². The van der Waals surface area contributed by atoms with Crippen molar-refractivity contribution in [2.75, 3.05) is 0 Å². The molecular formula is C19H36O4. The smallest absolute Gasteiger partial charge is 0.306 e. The van der Waals surface area contributed by atoms with Gasteiger partial charge in [0.05, 0.1) is 0 Å². The van der Waals surface area contributed by atoms with E-state index in [4.69, 9.17) is 9.84 Å². The van der Waals surface area contributed by atoms with Crippen LogP contribution in [0.15, 0.2) is 0 Å². The van der Waals surface area contributed by atoms with Gasteiger partial charge in [-0.25, -0.2) is 0 Å². The topological polar surface area (TPSA) is 63.6 Å². The molecule has 0 aromatic rings. The number of ether oxygens (including phenoxy) is 1. The van der Waals surface area contributed by atoms with Crippen molar-refractivity contribution in [3.8, 4) is 0 Å². The first kappa shape index (κ1) is 21.9. The molecule has 0 atom stereocenters. The van der Waals surface area contributed by atoms with Crippen LogP contribution in [0.3, 0.4) is 0 Å². The van der Waals surface area contributed by atoms with E-state index in [2.05, 4.69) is 20.8 Å². The van der Waals surface area contributed by atoms with E-state index in [-0.39, 0.29) is 18.0 Å². The Labute approximate surface area is 142 Å². The van der Waals surface area contributed by atoms with Crippen LogP contribution in [0.4, 0.5) is 0 Å². The molecule has 0 aromatic carbocycles. The van der Waals surface area contributed by atoms with Gasteiger partial charge >= 0.3 is 11.9 Å². The fourth-order valence-electron chi connectivity index (χ4n) is 2.86. The summed E-state index contributed by atoms with van der Waals surface area (Å²) in [6.45, 7) is 6.38. The molecule has 0 aliphatic heterocycles. The summed E-state index contributed by atoms with van der Waals surface area (Å²) in [6.07, 6.45) is 11.6. The molecule has 0 saturated heterocycles. The van der Waals surface area contributed by atoms with Crippen LogP contribution in [-0.4, -0.2) is 22.6 Å². The normalized spacial score (nSPS) is 11.4. The maximum absolute atomic E-state index is 12.0. The van der Waals surface area contributed by atoms with Crippen LogP contribution in [0.1, 0.15) is 104 Å². The van der Waals surface area contributed by atoms with Crippen molar-refractivity contribution < 1.29 is 19.4 Å². The molecule has 1 N–H and O–H groups in total. The third-order valence-corrected chi connectivity index (χ3v) is 4.63. The van der Waals surface area contributed by atoms with Crippen molar-refractivity contribution in [1.82, 2.24) is 0 Å². The molecule has 0 bridgehead atoms. The number of aliphatic carboxylic acids is 1. The molecule has 0 spiro atoms. The maximum Gasteiger partial charge on any atom is 0.306 e. The van der Waals surface area contributed by atoms with E-state index < -0.39 is 5.97 Å². The summed E-state index contributed by atoms with van der Waals surface area (Å²) < 4.78 is 5.78. The number of carboxylic acid groups (broad SMARTS) is 1. The van der Waals surface area contributed by atoms with E-state index in [1.165, 1.54) is 32.1 Å². The first-order chi connectivity index (χ1) is 11.0. The van der Waals surface area contributed by atoms with Crippen LogP contribution < -0.4 is 0 Å². The van der Waals surface area contributed by atoms with Gasteiger partial charge in [0.15, 0.2) is 0 Å². The molecule has 4 nitrogen and oxygen atoms in total. The fraction of sp³-hybridized carbons (Fsp3) is 0.895. The second kappa shape index (κ2) is 13.4. The lowest BCUT2D eigenvalue weighted by Gasteiger charge is -2.32. The van der Waals surface area contributed by atoms with Gasteiger partial charge in [0.25, 0.3) is 0 Å². The maximum atomic E-state index is 12.0. The van der Waals surface area contributed by atoms with Gasteiger partial charge in [-0.2, -0.15) is 0 Å². The molecule has 0 unspecified atom stereocenters. The van der Waals surface area contributed by atoms with Crippen molar-refractivity contribution in [3.63, 3.8) is 0 Å². The molecule has 4 heteroatoms. The summed E-state index contributed by atoms with van der Waals surface area (Å²) in [6, 6.07) is 0. The summed E-state index contributed by atoms with van der Waals surface area (Å²) in [7, 11) is 0. The highest BCUT2D eigenvalue weighted by molar-refractivity contribution is 5.70. The highest BCUT2D eigenvalue weighted by Crippen LogP contribution is 2.28. The summed E-state index contributed by atoms with van der Waals surface area (Å²) in [4.78, 5) is 22.5. The lowest BCUT2D eigenvalue weighted by molar-refractivity contribution is -0.162. The predicted molar refractivity (Wildman–Crippen MR) is 93.5 cm³/mol. The Balaban J connectivity index is 4.09. The van der Waals surface area contributed by atoms with Crippen molar-refractivity contribution in [1.29, 1.82) is 0 Å². The Bertz CT molecular complexity index is 321. The minimum absolute atomic E-state index is 0.123. The number of rotatable bonds is 15. The largest absolute Gasteiger partial charge is 0.481 e. The monoisotopic (exact) mass is 328 g/mol. The van der Waals surface area contributed by atoms with Gasteiger partial charge in [0, 0.05) is 12.8 Å². The molecule has 0 aliphatic rings. The van der Waals surface area contributed by atoms with Gasteiger partial charge in [-0.15, -0.1) is 0 Å². The highest BCUT2D eigenvalue weighted by Gasteiger charge is 2.29. The third kappa shape index (κ3) is 11.2. The zero-order valence-electron chi connectivity index (χ0n) is 15.4. The van der Waals surface area contributed by atoms with Gasteiger partial charge < -0.3 is 9.84 Å². The van der Waals surface area contributed by atoms with E-state index in [1.807, 2.05) is 0 Å². The average molecular weight is 328 g/mol. The van der Waals surface area contributed by atoms with Gasteiger partial charge in [0.1, 0.15) is 5.60 Å². The van der Waals surface area contributed by atoms with Crippen LogP contribution in [-0.2, 0) is 14.3 Å². The minimum Gasteiger partial charge on any atom is -0.481 e. The average Bonchev–Trinajstić information content (AvgIpc) is 2.53. The Kier molecular flexibility index (Phi) is 12.8. The standard InChI is InChI=1S/C19H36O4/c1-4-7-8-9-10-13-16-19(5-2,6-3)23-18(22)15-12-11-14-17(20)21/h4-16H2,1-3H3,(H,20,21). The van der Waals surface area contributed by atoms with Gasteiger partial charge in [0.2, 0.25) is 0 Å². The summed E-state index contributed by atoms with van der Waals surface area (Å²) in [5, 5.41) is 8.60. The van der Waals surface area contributed by atoms with Crippen LogP contribution in [0, 0.1) is 0 Å². The number of unbranched alkanes of at least 4 members (excludes halogenated alkanes) is 6. The molecule has 0 aliphatic carbocycles. The van der Waals surface area contributed by atoms with Crippen molar-refractivity contribution >= 4 is 11.9 Å². The van der Waals surface area contributed by atoms with Gasteiger partial charge in [-0.3, -0.25) is 9.59 Å². The summed E-state index contributed by atoms with van der Waals surface area (Å²) >= 11 is 0. The fourth-order valence-corrected chi connectivity index (χ4v) is 2.86. The number of carbonyl (C=O) groups is 2. The first-order valence-corrected chi connectivity index (χ1v) is 9.43. The Morgan fingerprint density at radius 3 is 1.96 bits per heavy atom. The molecule has 23 heavy (non-hydrogen) atoms.